The van der Waals surface area contributed by atoms with Gasteiger partial charge in [0, 0.05) is 18.6 Å². The van der Waals surface area contributed by atoms with Crippen LogP contribution in [0.4, 0.5) is 5.69 Å². The molecular formula is C10H19N5O. The summed E-state index contributed by atoms with van der Waals surface area (Å²) in [6.45, 7) is 8.02. The average molecular weight is 225 g/mol. The first kappa shape index (κ1) is 12.6. The van der Waals surface area contributed by atoms with E-state index in [9.17, 15) is 0 Å². The SMILES string of the molecule is COc1nnncc1NCCNC(C)(C)C. The fraction of sp³-hybridized carbons (Fsp3) is 0.700. The Hall–Kier alpha value is -1.43. The van der Waals surface area contributed by atoms with Gasteiger partial charge in [-0.1, -0.05) is 5.10 Å². The molecule has 0 bridgehead atoms. The van der Waals surface area contributed by atoms with E-state index in [2.05, 4.69) is 46.8 Å². The lowest BCUT2D eigenvalue weighted by Crippen LogP contribution is -2.38. The summed E-state index contributed by atoms with van der Waals surface area (Å²) in [5, 5.41) is 17.5. The van der Waals surface area contributed by atoms with Gasteiger partial charge in [0.15, 0.2) is 0 Å². The normalized spacial score (nSPS) is 11.2. The van der Waals surface area contributed by atoms with Crippen LogP contribution >= 0.6 is 0 Å². The molecule has 0 aromatic carbocycles. The van der Waals surface area contributed by atoms with E-state index in [0.29, 0.717) is 5.88 Å². The van der Waals surface area contributed by atoms with E-state index in [1.807, 2.05) is 0 Å². The molecule has 0 saturated carbocycles. The molecule has 0 aliphatic carbocycles. The number of ether oxygens (including phenoxy) is 1. The molecule has 0 unspecified atom stereocenters. The molecule has 0 fully saturated rings. The van der Waals surface area contributed by atoms with Crippen LogP contribution in [-0.4, -0.2) is 41.1 Å². The minimum absolute atomic E-state index is 0.126. The molecule has 0 aliphatic heterocycles. The van der Waals surface area contributed by atoms with Crippen molar-refractivity contribution in [1.82, 2.24) is 20.7 Å². The first-order chi connectivity index (χ1) is 7.53. The lowest BCUT2D eigenvalue weighted by Gasteiger charge is -2.20. The third-order valence-electron chi connectivity index (χ3n) is 1.89. The van der Waals surface area contributed by atoms with E-state index < -0.39 is 0 Å². The minimum Gasteiger partial charge on any atom is -0.478 e. The maximum absolute atomic E-state index is 5.05. The van der Waals surface area contributed by atoms with Crippen molar-refractivity contribution in [2.24, 2.45) is 0 Å². The first-order valence-corrected chi connectivity index (χ1v) is 5.24. The van der Waals surface area contributed by atoms with Gasteiger partial charge in [0.2, 0.25) is 0 Å². The number of methoxy groups -OCH3 is 1. The zero-order chi connectivity index (χ0) is 12.0. The molecule has 0 aliphatic rings. The highest BCUT2D eigenvalue weighted by molar-refractivity contribution is 5.49. The summed E-state index contributed by atoms with van der Waals surface area (Å²) < 4.78 is 5.05. The maximum atomic E-state index is 5.05. The molecule has 6 heteroatoms. The molecule has 1 rings (SSSR count). The van der Waals surface area contributed by atoms with Crippen molar-refractivity contribution >= 4 is 5.69 Å². The van der Waals surface area contributed by atoms with Crippen molar-refractivity contribution in [3.05, 3.63) is 6.20 Å². The summed E-state index contributed by atoms with van der Waals surface area (Å²) >= 11 is 0. The Balaban J connectivity index is 2.37. The van der Waals surface area contributed by atoms with Crippen molar-refractivity contribution < 1.29 is 4.74 Å². The smallest absolute Gasteiger partial charge is 0.260 e. The number of hydrogen-bond acceptors (Lipinski definition) is 6. The first-order valence-electron chi connectivity index (χ1n) is 5.24. The summed E-state index contributed by atoms with van der Waals surface area (Å²) in [7, 11) is 1.56. The van der Waals surface area contributed by atoms with Gasteiger partial charge >= 0.3 is 0 Å². The molecule has 2 N–H and O–H groups in total. The highest BCUT2D eigenvalue weighted by Crippen LogP contribution is 2.16. The zero-order valence-corrected chi connectivity index (χ0v) is 10.2. The Bertz CT molecular complexity index is 323. The zero-order valence-electron chi connectivity index (χ0n) is 10.2. The Morgan fingerprint density at radius 3 is 2.69 bits per heavy atom. The van der Waals surface area contributed by atoms with Crippen molar-refractivity contribution in [2.45, 2.75) is 26.3 Å². The largest absolute Gasteiger partial charge is 0.478 e. The van der Waals surface area contributed by atoms with Crippen LogP contribution in [0.1, 0.15) is 20.8 Å². The molecule has 0 spiro atoms. The minimum atomic E-state index is 0.126. The molecule has 1 aromatic rings. The maximum Gasteiger partial charge on any atom is 0.260 e. The monoisotopic (exact) mass is 225 g/mol. The molecule has 0 atom stereocenters. The highest BCUT2D eigenvalue weighted by Gasteiger charge is 2.08. The van der Waals surface area contributed by atoms with Crippen LogP contribution in [0.2, 0.25) is 0 Å². The molecule has 0 amide bonds. The lowest BCUT2D eigenvalue weighted by atomic mass is 10.1. The average Bonchev–Trinajstić information content (AvgIpc) is 2.23. The number of anilines is 1. The van der Waals surface area contributed by atoms with Crippen LogP contribution in [0.15, 0.2) is 6.20 Å². The van der Waals surface area contributed by atoms with Crippen LogP contribution < -0.4 is 15.4 Å². The molecule has 16 heavy (non-hydrogen) atoms. The van der Waals surface area contributed by atoms with E-state index in [4.69, 9.17) is 4.74 Å². The van der Waals surface area contributed by atoms with Crippen LogP contribution in [0, 0.1) is 0 Å². The molecule has 1 heterocycles. The summed E-state index contributed by atoms with van der Waals surface area (Å²) in [6.07, 6.45) is 1.60. The van der Waals surface area contributed by atoms with Crippen molar-refractivity contribution in [3.8, 4) is 5.88 Å². The fourth-order valence-electron chi connectivity index (χ4n) is 1.17. The Morgan fingerprint density at radius 1 is 1.31 bits per heavy atom. The van der Waals surface area contributed by atoms with Gasteiger partial charge in [-0.2, -0.15) is 0 Å². The molecule has 0 saturated heterocycles. The summed E-state index contributed by atoms with van der Waals surface area (Å²) in [4.78, 5) is 0. The fourth-order valence-corrected chi connectivity index (χ4v) is 1.17. The van der Waals surface area contributed by atoms with Gasteiger partial charge in [0.05, 0.1) is 13.3 Å². The van der Waals surface area contributed by atoms with Gasteiger partial charge in [-0.3, -0.25) is 0 Å². The van der Waals surface area contributed by atoms with E-state index in [-0.39, 0.29) is 5.54 Å². The Labute approximate surface area is 95.8 Å². The highest BCUT2D eigenvalue weighted by atomic mass is 16.5. The van der Waals surface area contributed by atoms with E-state index >= 15 is 0 Å². The lowest BCUT2D eigenvalue weighted by molar-refractivity contribution is 0.390. The second-order valence-corrected chi connectivity index (χ2v) is 4.46. The van der Waals surface area contributed by atoms with E-state index in [1.165, 1.54) is 0 Å². The van der Waals surface area contributed by atoms with Crippen molar-refractivity contribution in [1.29, 1.82) is 0 Å². The molecule has 90 valence electrons. The molecule has 0 radical (unpaired) electrons. The molecule has 1 aromatic heterocycles. The Morgan fingerprint density at radius 2 is 2.06 bits per heavy atom. The number of rotatable bonds is 5. The predicted molar refractivity (Wildman–Crippen MR) is 62.6 cm³/mol. The Kier molecular flexibility index (Phi) is 4.42. The van der Waals surface area contributed by atoms with Gasteiger partial charge < -0.3 is 15.4 Å². The second-order valence-electron chi connectivity index (χ2n) is 4.46. The van der Waals surface area contributed by atoms with Gasteiger partial charge in [-0.05, 0) is 26.0 Å². The van der Waals surface area contributed by atoms with E-state index in [1.54, 1.807) is 13.3 Å². The quantitative estimate of drug-likeness (QED) is 0.718. The topological polar surface area (TPSA) is 72.0 Å². The van der Waals surface area contributed by atoms with Crippen molar-refractivity contribution in [2.75, 3.05) is 25.5 Å². The van der Waals surface area contributed by atoms with Crippen LogP contribution in [0.25, 0.3) is 0 Å². The van der Waals surface area contributed by atoms with Gasteiger partial charge in [-0.25, -0.2) is 0 Å². The number of nitrogens with zero attached hydrogens (tertiary/aromatic N) is 3. The number of aromatic nitrogens is 3. The van der Waals surface area contributed by atoms with Crippen LogP contribution in [0.3, 0.4) is 0 Å². The number of nitrogens with one attached hydrogen (secondary N) is 2. The summed E-state index contributed by atoms with van der Waals surface area (Å²) in [5.74, 6) is 0.464. The van der Waals surface area contributed by atoms with E-state index in [0.717, 1.165) is 18.8 Å². The van der Waals surface area contributed by atoms with Crippen molar-refractivity contribution in [3.63, 3.8) is 0 Å². The van der Waals surface area contributed by atoms with Gasteiger partial charge in [0.1, 0.15) is 5.69 Å². The summed E-state index contributed by atoms with van der Waals surface area (Å²) in [5.41, 5.74) is 0.883. The number of hydrogen-bond donors (Lipinski definition) is 2. The standard InChI is InChI=1S/C10H19N5O/c1-10(2,3)12-6-5-11-8-7-13-15-14-9(8)16-4/h7,12H,5-6H2,1-4H3,(H,11,15). The third kappa shape index (κ3) is 4.39. The van der Waals surface area contributed by atoms with Crippen LogP contribution in [-0.2, 0) is 0 Å². The van der Waals surface area contributed by atoms with Gasteiger partial charge in [-0.15, -0.1) is 5.10 Å². The van der Waals surface area contributed by atoms with Crippen LogP contribution in [0.5, 0.6) is 5.88 Å². The molecule has 6 nitrogen and oxygen atoms in total. The predicted octanol–water partition coefficient (Wildman–Crippen LogP) is 0.680. The van der Waals surface area contributed by atoms with Gasteiger partial charge in [0.25, 0.3) is 5.88 Å². The molecular weight excluding hydrogens is 206 g/mol. The third-order valence-corrected chi connectivity index (χ3v) is 1.89. The second kappa shape index (κ2) is 5.60. The summed E-state index contributed by atoms with van der Waals surface area (Å²) in [6, 6.07) is 0.